The SMILES string of the molecule is O=C(c1ccccc1[N+](=O)[O-])N(Cc1ccccc1)N1C(=O)[C@H]2[C@H](C1=O)[C@@]1(Cl)C(Cl)=C(Cl)[C@@]2(Cl)C1(Cl)Cl. The zero-order chi connectivity index (χ0) is 27.1. The highest BCUT2D eigenvalue weighted by atomic mass is 35.5. The molecule has 3 amide bonds. The Kier molecular flexibility index (Phi) is 6.26. The van der Waals surface area contributed by atoms with Crippen LogP contribution in [-0.4, -0.2) is 46.7 Å². The maximum atomic E-state index is 13.9. The van der Waals surface area contributed by atoms with Crippen molar-refractivity contribution in [1.82, 2.24) is 10.0 Å². The summed E-state index contributed by atoms with van der Waals surface area (Å²) in [6.45, 7) is -0.297. The summed E-state index contributed by atoms with van der Waals surface area (Å²) in [6.07, 6.45) is 0. The molecule has 5 rings (SSSR count). The van der Waals surface area contributed by atoms with Gasteiger partial charge in [0.1, 0.15) is 15.3 Å². The number of carbonyl (C=O) groups excluding carboxylic acids is 3. The van der Waals surface area contributed by atoms with Crippen LogP contribution in [0.3, 0.4) is 0 Å². The fraction of sp³-hybridized carbons (Fsp3) is 0.261. The number of nitro groups is 1. The number of para-hydroxylation sites is 1. The van der Waals surface area contributed by atoms with Gasteiger partial charge in [-0.15, -0.1) is 23.2 Å². The molecule has 0 unspecified atom stereocenters. The van der Waals surface area contributed by atoms with Gasteiger partial charge >= 0.3 is 0 Å². The predicted molar refractivity (Wildman–Crippen MR) is 139 cm³/mol. The molecule has 1 saturated heterocycles. The standard InChI is InChI=1S/C23H13Cl6N3O5/c24-16-17(25)22(27)15-14(21(16,26)23(22,28)29)19(34)31(20(15)35)30(10-11-6-2-1-3-7-11)18(33)12-8-4-5-9-13(12)32(36)37/h1-9,14-15H,10H2/t14-,15-,21-,22-/m1/s1. The zero-order valence-corrected chi connectivity index (χ0v) is 22.7. The van der Waals surface area contributed by atoms with Crippen molar-refractivity contribution in [3.63, 3.8) is 0 Å². The van der Waals surface area contributed by atoms with Crippen LogP contribution < -0.4 is 0 Å². The number of amides is 3. The highest BCUT2D eigenvalue weighted by Crippen LogP contribution is 2.77. The molecule has 2 bridgehead atoms. The topological polar surface area (TPSA) is 101 Å². The minimum absolute atomic E-state index is 0.278. The van der Waals surface area contributed by atoms with Crippen LogP contribution in [0.2, 0.25) is 0 Å². The normalized spacial score (nSPS) is 29.6. The number of alkyl halides is 4. The molecule has 4 atom stereocenters. The highest BCUT2D eigenvalue weighted by Gasteiger charge is 2.88. The van der Waals surface area contributed by atoms with Gasteiger partial charge in [0.2, 0.25) is 0 Å². The number of halogens is 6. The first-order valence-electron chi connectivity index (χ1n) is 10.6. The lowest BCUT2D eigenvalue weighted by Crippen LogP contribution is -2.55. The minimum Gasteiger partial charge on any atom is -0.272 e. The van der Waals surface area contributed by atoms with E-state index in [0.717, 1.165) is 11.1 Å². The number of nitro benzene ring substituents is 1. The number of nitrogens with zero attached hydrogens (tertiary/aromatic N) is 3. The fourth-order valence-electron chi connectivity index (χ4n) is 5.16. The number of hydrogen-bond acceptors (Lipinski definition) is 5. The van der Waals surface area contributed by atoms with E-state index in [1.165, 1.54) is 18.2 Å². The van der Waals surface area contributed by atoms with Crippen LogP contribution in [0.1, 0.15) is 15.9 Å². The van der Waals surface area contributed by atoms with Gasteiger partial charge in [-0.3, -0.25) is 24.5 Å². The van der Waals surface area contributed by atoms with Crippen molar-refractivity contribution in [1.29, 1.82) is 0 Å². The van der Waals surface area contributed by atoms with Crippen LogP contribution in [0.25, 0.3) is 0 Å². The van der Waals surface area contributed by atoms with E-state index in [-0.39, 0.29) is 22.2 Å². The van der Waals surface area contributed by atoms with Crippen molar-refractivity contribution in [2.45, 2.75) is 20.6 Å². The van der Waals surface area contributed by atoms with E-state index in [2.05, 4.69) is 0 Å². The molecule has 2 fully saturated rings. The number of imide groups is 1. The number of benzene rings is 2. The summed E-state index contributed by atoms with van der Waals surface area (Å²) in [4.78, 5) is 48.2. The second-order valence-electron chi connectivity index (χ2n) is 8.69. The Morgan fingerprint density at radius 2 is 1.38 bits per heavy atom. The number of hydrogen-bond donors (Lipinski definition) is 0. The first-order valence-corrected chi connectivity index (χ1v) is 12.9. The average molecular weight is 624 g/mol. The Bertz CT molecular complexity index is 1370. The third-order valence-electron chi connectivity index (χ3n) is 6.87. The Morgan fingerprint density at radius 1 is 0.892 bits per heavy atom. The van der Waals surface area contributed by atoms with Crippen LogP contribution in [0.5, 0.6) is 0 Å². The summed E-state index contributed by atoms with van der Waals surface area (Å²) >= 11 is 39.3. The molecule has 1 saturated carbocycles. The summed E-state index contributed by atoms with van der Waals surface area (Å²) in [7, 11) is 0. The maximum absolute atomic E-state index is 13.9. The molecule has 0 radical (unpaired) electrons. The van der Waals surface area contributed by atoms with Gasteiger partial charge < -0.3 is 0 Å². The average Bonchev–Trinajstić information content (AvgIpc) is 3.26. The van der Waals surface area contributed by atoms with Crippen LogP contribution in [-0.2, 0) is 16.1 Å². The molecule has 0 aromatic heterocycles. The van der Waals surface area contributed by atoms with Crippen molar-refractivity contribution >= 4 is 93.0 Å². The van der Waals surface area contributed by atoms with Crippen molar-refractivity contribution < 1.29 is 19.3 Å². The molecule has 37 heavy (non-hydrogen) atoms. The molecule has 0 N–H and O–H groups in total. The predicted octanol–water partition coefficient (Wildman–Crippen LogP) is 5.60. The molecule has 192 valence electrons. The van der Waals surface area contributed by atoms with Crippen LogP contribution >= 0.6 is 69.6 Å². The fourth-order valence-corrected chi connectivity index (χ4v) is 8.09. The molecular formula is C23H13Cl6N3O5. The largest absolute Gasteiger partial charge is 0.282 e. The van der Waals surface area contributed by atoms with Gasteiger partial charge in [-0.2, -0.15) is 5.01 Å². The molecule has 1 heterocycles. The third-order valence-corrected chi connectivity index (χ3v) is 11.1. The van der Waals surface area contributed by atoms with E-state index < -0.39 is 54.2 Å². The van der Waals surface area contributed by atoms with Gasteiger partial charge in [-0.25, -0.2) is 5.01 Å². The Balaban J connectivity index is 1.65. The lowest BCUT2D eigenvalue weighted by molar-refractivity contribution is -0.385. The minimum atomic E-state index is -2.14. The van der Waals surface area contributed by atoms with Gasteiger partial charge in [-0.1, -0.05) is 88.9 Å². The zero-order valence-electron chi connectivity index (χ0n) is 18.2. The molecule has 14 heteroatoms. The maximum Gasteiger partial charge on any atom is 0.282 e. The molecule has 2 aromatic rings. The summed E-state index contributed by atoms with van der Waals surface area (Å²) in [6, 6.07) is 13.6. The van der Waals surface area contributed by atoms with E-state index in [0.29, 0.717) is 10.6 Å². The highest BCUT2D eigenvalue weighted by molar-refractivity contribution is 6.66. The number of allylic oxidation sites excluding steroid dienone is 2. The van der Waals surface area contributed by atoms with E-state index in [1.54, 1.807) is 30.3 Å². The van der Waals surface area contributed by atoms with Crippen molar-refractivity contribution in [3.05, 3.63) is 85.9 Å². The smallest absolute Gasteiger partial charge is 0.272 e. The molecule has 2 aromatic carbocycles. The number of hydrazine groups is 1. The molecule has 3 aliphatic rings. The number of rotatable bonds is 5. The number of carbonyl (C=O) groups is 3. The van der Waals surface area contributed by atoms with Crippen molar-refractivity contribution in [3.8, 4) is 0 Å². The van der Waals surface area contributed by atoms with Gasteiger partial charge in [0.25, 0.3) is 23.4 Å². The lowest BCUT2D eigenvalue weighted by atomic mass is 9.84. The van der Waals surface area contributed by atoms with E-state index in [9.17, 15) is 24.5 Å². The first-order chi connectivity index (χ1) is 17.3. The van der Waals surface area contributed by atoms with E-state index in [4.69, 9.17) is 69.6 Å². The lowest BCUT2D eigenvalue weighted by Gasteiger charge is -2.37. The number of fused-ring (bicyclic) bond motifs is 5. The van der Waals surface area contributed by atoms with Gasteiger partial charge in [0, 0.05) is 6.07 Å². The Morgan fingerprint density at radius 3 is 1.89 bits per heavy atom. The van der Waals surface area contributed by atoms with Gasteiger partial charge in [0.05, 0.1) is 33.4 Å². The summed E-state index contributed by atoms with van der Waals surface area (Å²) in [5.74, 6) is -5.83. The quantitative estimate of drug-likeness (QED) is 0.187. The Hall–Kier alpha value is -2.07. The van der Waals surface area contributed by atoms with Gasteiger partial charge in [-0.05, 0) is 11.6 Å². The Labute approximate surface area is 239 Å². The molecule has 2 aliphatic carbocycles. The first kappa shape index (κ1) is 26.5. The second-order valence-corrected chi connectivity index (χ2v) is 12.0. The summed E-state index contributed by atoms with van der Waals surface area (Å²) < 4.78 is -2.14. The van der Waals surface area contributed by atoms with Crippen molar-refractivity contribution in [2.24, 2.45) is 11.8 Å². The summed E-state index contributed by atoms with van der Waals surface area (Å²) in [5, 5.41) is 12.5. The van der Waals surface area contributed by atoms with E-state index in [1.807, 2.05) is 0 Å². The van der Waals surface area contributed by atoms with Crippen LogP contribution in [0.15, 0.2) is 64.7 Å². The molecule has 8 nitrogen and oxygen atoms in total. The second kappa shape index (κ2) is 8.73. The van der Waals surface area contributed by atoms with Gasteiger partial charge in [0.15, 0.2) is 4.33 Å². The monoisotopic (exact) mass is 621 g/mol. The molecule has 0 spiro atoms. The third kappa shape index (κ3) is 3.27. The summed E-state index contributed by atoms with van der Waals surface area (Å²) in [5.41, 5.74) is -0.334. The molecule has 1 aliphatic heterocycles. The van der Waals surface area contributed by atoms with Crippen LogP contribution in [0.4, 0.5) is 5.69 Å². The molecular weight excluding hydrogens is 611 g/mol. The van der Waals surface area contributed by atoms with Crippen LogP contribution in [0, 0.1) is 22.0 Å². The van der Waals surface area contributed by atoms with Crippen molar-refractivity contribution in [2.75, 3.05) is 0 Å². The van der Waals surface area contributed by atoms with E-state index >= 15 is 0 Å².